The van der Waals surface area contributed by atoms with Gasteiger partial charge in [0.2, 0.25) is 10.0 Å². The monoisotopic (exact) mass is 488 g/mol. The van der Waals surface area contributed by atoms with Crippen molar-refractivity contribution in [3.05, 3.63) is 48.0 Å². The summed E-state index contributed by atoms with van der Waals surface area (Å²) in [5.41, 5.74) is 0.777. The molecule has 0 saturated carbocycles. The quantitative estimate of drug-likeness (QED) is 0.544. The van der Waals surface area contributed by atoms with Crippen molar-refractivity contribution in [1.29, 1.82) is 0 Å². The van der Waals surface area contributed by atoms with Gasteiger partial charge in [-0.05, 0) is 57.0 Å². The highest BCUT2D eigenvalue weighted by atomic mass is 32.2. The lowest BCUT2D eigenvalue weighted by molar-refractivity contribution is 0.102. The maximum absolute atomic E-state index is 13.2. The summed E-state index contributed by atoms with van der Waals surface area (Å²) in [6.45, 7) is 4.62. The van der Waals surface area contributed by atoms with E-state index in [1.54, 1.807) is 24.3 Å². The number of amides is 3. The van der Waals surface area contributed by atoms with E-state index < -0.39 is 22.0 Å². The summed E-state index contributed by atoms with van der Waals surface area (Å²) >= 11 is 0. The van der Waals surface area contributed by atoms with Gasteiger partial charge in [-0.25, -0.2) is 13.2 Å². The zero-order valence-electron chi connectivity index (χ0n) is 19.8. The van der Waals surface area contributed by atoms with Crippen LogP contribution in [-0.4, -0.2) is 50.9 Å². The van der Waals surface area contributed by atoms with Gasteiger partial charge in [-0.2, -0.15) is 4.31 Å². The van der Waals surface area contributed by atoms with E-state index in [2.05, 4.69) is 16.0 Å². The zero-order valence-corrected chi connectivity index (χ0v) is 20.6. The maximum atomic E-state index is 13.2. The van der Waals surface area contributed by atoms with E-state index in [9.17, 15) is 18.0 Å². The summed E-state index contributed by atoms with van der Waals surface area (Å²) in [7, 11) is -2.26. The van der Waals surface area contributed by atoms with Crippen LogP contribution < -0.4 is 20.7 Å². The fraction of sp³-hybridized carbons (Fsp3) is 0.417. The summed E-state index contributed by atoms with van der Waals surface area (Å²) in [5, 5.41) is 8.13. The maximum Gasteiger partial charge on any atom is 0.319 e. The molecule has 9 nitrogen and oxygen atoms in total. The molecule has 3 N–H and O–H groups in total. The minimum absolute atomic E-state index is 0.0702. The Morgan fingerprint density at radius 3 is 2.26 bits per heavy atom. The van der Waals surface area contributed by atoms with Crippen molar-refractivity contribution in [2.45, 2.75) is 50.5 Å². The first-order chi connectivity index (χ1) is 16.2. The van der Waals surface area contributed by atoms with Crippen molar-refractivity contribution < 1.29 is 22.7 Å². The Labute approximate surface area is 200 Å². The predicted molar refractivity (Wildman–Crippen MR) is 132 cm³/mol. The summed E-state index contributed by atoms with van der Waals surface area (Å²) < 4.78 is 33.3. The second-order valence-electron chi connectivity index (χ2n) is 8.43. The molecule has 1 aliphatic heterocycles. The van der Waals surface area contributed by atoms with Crippen molar-refractivity contribution in [3.63, 3.8) is 0 Å². The van der Waals surface area contributed by atoms with Crippen LogP contribution in [0.5, 0.6) is 5.75 Å². The highest BCUT2D eigenvalue weighted by molar-refractivity contribution is 7.89. The van der Waals surface area contributed by atoms with Crippen molar-refractivity contribution in [2.75, 3.05) is 30.8 Å². The molecule has 0 aromatic heterocycles. The lowest BCUT2D eigenvalue weighted by Crippen LogP contribution is -2.34. The van der Waals surface area contributed by atoms with Crippen molar-refractivity contribution in [2.24, 2.45) is 0 Å². The molecule has 34 heavy (non-hydrogen) atoms. The van der Waals surface area contributed by atoms with E-state index >= 15 is 0 Å². The number of sulfonamides is 1. The number of nitrogens with one attached hydrogen (secondary N) is 3. The van der Waals surface area contributed by atoms with Gasteiger partial charge in [0.15, 0.2) is 0 Å². The third kappa shape index (κ3) is 6.27. The third-order valence-corrected chi connectivity index (χ3v) is 7.36. The average Bonchev–Trinajstić information content (AvgIpc) is 3.09. The van der Waals surface area contributed by atoms with Crippen LogP contribution in [0.3, 0.4) is 0 Å². The van der Waals surface area contributed by atoms with Crippen molar-refractivity contribution in [1.82, 2.24) is 9.62 Å². The van der Waals surface area contributed by atoms with E-state index in [1.165, 1.54) is 29.6 Å². The van der Waals surface area contributed by atoms with Gasteiger partial charge in [-0.15, -0.1) is 0 Å². The first-order valence-electron chi connectivity index (χ1n) is 11.4. The Kier molecular flexibility index (Phi) is 8.51. The zero-order chi connectivity index (χ0) is 24.7. The van der Waals surface area contributed by atoms with E-state index in [0.717, 1.165) is 25.7 Å². The van der Waals surface area contributed by atoms with E-state index in [4.69, 9.17) is 4.74 Å². The van der Waals surface area contributed by atoms with Crippen LogP contribution in [0.15, 0.2) is 47.4 Å². The molecule has 0 radical (unpaired) electrons. The fourth-order valence-electron chi connectivity index (χ4n) is 3.78. The highest BCUT2D eigenvalue weighted by Gasteiger charge is 2.26. The number of nitrogens with zero attached hydrogens (tertiary/aromatic N) is 1. The molecule has 0 bridgehead atoms. The predicted octanol–water partition coefficient (Wildman–Crippen LogP) is 4.04. The summed E-state index contributed by atoms with van der Waals surface area (Å²) in [6, 6.07) is 10.5. The molecular formula is C24H32N4O5S. The molecule has 2 aromatic carbocycles. The number of urea groups is 1. The summed E-state index contributed by atoms with van der Waals surface area (Å²) in [5.74, 6) is -0.186. The Morgan fingerprint density at radius 1 is 0.941 bits per heavy atom. The molecule has 2 aromatic rings. The molecule has 0 atom stereocenters. The average molecular weight is 489 g/mol. The normalized spacial score (nSPS) is 14.8. The first-order valence-corrected chi connectivity index (χ1v) is 12.8. The van der Waals surface area contributed by atoms with Crippen LogP contribution in [0.25, 0.3) is 0 Å². The van der Waals surface area contributed by atoms with Crippen LogP contribution in [0.4, 0.5) is 16.2 Å². The number of carbonyl (C=O) groups excluding carboxylic acids is 2. The second kappa shape index (κ2) is 11.3. The SMILES string of the molecule is COc1ccc(S(=O)(=O)N2CCCCCC2)cc1NC(=O)c1ccccc1NC(=O)NC(C)C. The molecule has 1 heterocycles. The number of rotatable bonds is 7. The minimum Gasteiger partial charge on any atom is -0.495 e. The number of benzene rings is 2. The minimum atomic E-state index is -3.71. The molecule has 1 fully saturated rings. The van der Waals surface area contributed by atoms with E-state index in [-0.39, 0.29) is 22.2 Å². The summed E-state index contributed by atoms with van der Waals surface area (Å²) in [6.07, 6.45) is 3.68. The van der Waals surface area contributed by atoms with Gasteiger partial charge in [0.25, 0.3) is 5.91 Å². The van der Waals surface area contributed by atoms with Crippen LogP contribution >= 0.6 is 0 Å². The molecule has 0 spiro atoms. The lowest BCUT2D eigenvalue weighted by Gasteiger charge is -2.21. The van der Waals surface area contributed by atoms with Gasteiger partial charge in [-0.3, -0.25) is 4.79 Å². The lowest BCUT2D eigenvalue weighted by atomic mass is 10.1. The van der Waals surface area contributed by atoms with Gasteiger partial charge >= 0.3 is 6.03 Å². The third-order valence-electron chi connectivity index (χ3n) is 5.46. The molecule has 1 saturated heterocycles. The second-order valence-corrected chi connectivity index (χ2v) is 10.4. The molecule has 184 valence electrons. The molecule has 0 aliphatic carbocycles. The Morgan fingerprint density at radius 2 is 1.62 bits per heavy atom. The van der Waals surface area contributed by atoms with Gasteiger partial charge in [0, 0.05) is 19.1 Å². The molecule has 0 unspecified atom stereocenters. The molecule has 3 amide bonds. The Hall–Kier alpha value is -3.11. The standard InChI is InChI=1S/C24H32N4O5S/c1-17(2)25-24(30)27-20-11-7-6-10-19(20)23(29)26-21-16-18(12-13-22(21)33-3)34(31,32)28-14-8-4-5-9-15-28/h6-7,10-13,16-17H,4-5,8-9,14-15H2,1-3H3,(H,26,29)(H2,25,27,30). The number of carbonyl (C=O) groups is 2. The highest BCUT2D eigenvalue weighted by Crippen LogP contribution is 2.30. The Bertz CT molecular complexity index is 1130. The molecule has 10 heteroatoms. The van der Waals surface area contributed by atoms with Crippen LogP contribution in [-0.2, 0) is 10.0 Å². The number of anilines is 2. The largest absolute Gasteiger partial charge is 0.495 e. The topological polar surface area (TPSA) is 117 Å². The van der Waals surface area contributed by atoms with Gasteiger partial charge < -0.3 is 20.7 Å². The fourth-order valence-corrected chi connectivity index (χ4v) is 5.32. The first kappa shape index (κ1) is 25.5. The molecule has 3 rings (SSSR count). The van der Waals surface area contributed by atoms with E-state index in [0.29, 0.717) is 24.5 Å². The number of para-hydroxylation sites is 1. The van der Waals surface area contributed by atoms with Crippen molar-refractivity contribution in [3.8, 4) is 5.75 Å². The van der Waals surface area contributed by atoms with Crippen LogP contribution in [0.2, 0.25) is 0 Å². The number of methoxy groups -OCH3 is 1. The van der Waals surface area contributed by atoms with E-state index in [1.807, 2.05) is 13.8 Å². The number of ether oxygens (including phenoxy) is 1. The summed E-state index contributed by atoms with van der Waals surface area (Å²) in [4.78, 5) is 25.3. The molecule has 1 aliphatic rings. The van der Waals surface area contributed by atoms with Crippen LogP contribution in [0, 0.1) is 0 Å². The van der Waals surface area contributed by atoms with Gasteiger partial charge in [-0.1, -0.05) is 25.0 Å². The van der Waals surface area contributed by atoms with Crippen molar-refractivity contribution >= 4 is 33.3 Å². The number of hydrogen-bond acceptors (Lipinski definition) is 5. The van der Waals surface area contributed by atoms with Gasteiger partial charge in [0.05, 0.1) is 28.9 Å². The number of hydrogen-bond donors (Lipinski definition) is 3. The Balaban J connectivity index is 1.87. The molecular weight excluding hydrogens is 456 g/mol. The smallest absolute Gasteiger partial charge is 0.319 e. The van der Waals surface area contributed by atoms with Crippen LogP contribution in [0.1, 0.15) is 49.9 Å². The van der Waals surface area contributed by atoms with Gasteiger partial charge in [0.1, 0.15) is 5.75 Å².